The lowest BCUT2D eigenvalue weighted by Gasteiger charge is -2.49. The van der Waals surface area contributed by atoms with Crippen molar-refractivity contribution in [3.8, 4) is 0 Å². The molecule has 2 heterocycles. The average molecular weight is 262 g/mol. The van der Waals surface area contributed by atoms with Crippen molar-refractivity contribution in [3.63, 3.8) is 0 Å². The molecule has 1 saturated carbocycles. The third kappa shape index (κ3) is 1.62. The van der Waals surface area contributed by atoms with Crippen LogP contribution in [-0.2, 0) is 28.4 Å². The summed E-state index contributed by atoms with van der Waals surface area (Å²) >= 11 is 0. The summed E-state index contributed by atoms with van der Waals surface area (Å²) in [6.07, 6.45) is 7.77. The molecule has 1 aromatic heterocycles. The van der Waals surface area contributed by atoms with E-state index in [2.05, 4.69) is 13.1 Å². The summed E-state index contributed by atoms with van der Waals surface area (Å²) < 4.78 is 13.8. The Morgan fingerprint density at radius 2 is 2.11 bits per heavy atom. The number of rotatable bonds is 0. The smallest absolute Gasteiger partial charge is 0.168 e. The van der Waals surface area contributed by atoms with E-state index < -0.39 is 0 Å². The van der Waals surface area contributed by atoms with Crippen LogP contribution in [0.15, 0.2) is 6.20 Å². The molecule has 19 heavy (non-hydrogen) atoms. The van der Waals surface area contributed by atoms with Crippen LogP contribution in [0.5, 0.6) is 0 Å². The zero-order valence-electron chi connectivity index (χ0n) is 11.8. The van der Waals surface area contributed by atoms with E-state index in [-0.39, 0.29) is 11.2 Å². The van der Waals surface area contributed by atoms with Crippen molar-refractivity contribution < 1.29 is 9.47 Å². The third-order valence-corrected chi connectivity index (χ3v) is 5.50. The minimum absolute atomic E-state index is 0.218. The molecule has 0 bridgehead atoms. The van der Waals surface area contributed by atoms with Crippen molar-refractivity contribution in [2.45, 2.75) is 50.2 Å². The zero-order chi connectivity index (χ0) is 13.1. The molecule has 2 atom stereocenters. The van der Waals surface area contributed by atoms with Crippen LogP contribution in [0, 0.1) is 5.92 Å². The number of hydrogen-bond donors (Lipinski definition) is 0. The van der Waals surface area contributed by atoms with Crippen molar-refractivity contribution in [1.82, 2.24) is 9.78 Å². The van der Waals surface area contributed by atoms with Crippen molar-refractivity contribution in [2.24, 2.45) is 13.0 Å². The number of ether oxygens (including phenoxy) is 2. The van der Waals surface area contributed by atoms with Crippen LogP contribution in [0.3, 0.4) is 0 Å². The summed E-state index contributed by atoms with van der Waals surface area (Å²) in [6, 6.07) is 0. The molecule has 4 heteroatoms. The molecule has 0 radical (unpaired) electrons. The summed E-state index contributed by atoms with van der Waals surface area (Å²) in [5.41, 5.74) is 3.00. The molecular formula is C15H22N2O2. The fraction of sp³-hybridized carbons (Fsp3) is 0.800. The molecular weight excluding hydrogens is 240 g/mol. The second kappa shape index (κ2) is 3.83. The normalized spacial score (nSPS) is 36.2. The quantitative estimate of drug-likeness (QED) is 0.719. The third-order valence-electron chi connectivity index (χ3n) is 5.50. The molecule has 2 aliphatic carbocycles. The zero-order valence-corrected chi connectivity index (χ0v) is 11.8. The number of nitrogens with zero attached hydrogens (tertiary/aromatic N) is 2. The van der Waals surface area contributed by atoms with Crippen molar-refractivity contribution in [2.75, 3.05) is 13.2 Å². The van der Waals surface area contributed by atoms with Crippen molar-refractivity contribution >= 4 is 0 Å². The maximum atomic E-state index is 5.92. The maximum absolute atomic E-state index is 5.92. The van der Waals surface area contributed by atoms with Gasteiger partial charge < -0.3 is 9.47 Å². The molecule has 104 valence electrons. The highest BCUT2D eigenvalue weighted by Gasteiger charge is 2.53. The van der Waals surface area contributed by atoms with Crippen LogP contribution in [-0.4, -0.2) is 28.8 Å². The second-order valence-corrected chi connectivity index (χ2v) is 6.64. The molecule has 1 aromatic rings. The standard InChI is InChI=1S/C15H22N2O2/c1-14-5-6-15(18-7-8-19-15)9-12(14)4-3-11-10-17(2)16-13(11)14/h10,12H,3-9H2,1-2H3. The van der Waals surface area contributed by atoms with Gasteiger partial charge in [-0.25, -0.2) is 0 Å². The van der Waals surface area contributed by atoms with Gasteiger partial charge in [-0.05, 0) is 30.7 Å². The molecule has 1 aliphatic heterocycles. The Kier molecular flexibility index (Phi) is 2.40. The van der Waals surface area contributed by atoms with E-state index in [1.54, 1.807) is 0 Å². The molecule has 1 saturated heterocycles. The topological polar surface area (TPSA) is 36.3 Å². The monoisotopic (exact) mass is 262 g/mol. The SMILES string of the molecule is Cn1cc2c(n1)C1(C)CCC3(CC1CC2)OCCO3. The summed E-state index contributed by atoms with van der Waals surface area (Å²) in [5.74, 6) is 0.373. The van der Waals surface area contributed by atoms with Crippen molar-refractivity contribution in [1.29, 1.82) is 0 Å². The predicted octanol–water partition coefficient (Wildman–Crippen LogP) is 2.17. The van der Waals surface area contributed by atoms with Crippen LogP contribution in [0.25, 0.3) is 0 Å². The van der Waals surface area contributed by atoms with Gasteiger partial charge in [-0.3, -0.25) is 4.68 Å². The Morgan fingerprint density at radius 1 is 1.32 bits per heavy atom. The Labute approximate surface area is 114 Å². The molecule has 2 unspecified atom stereocenters. The molecule has 4 rings (SSSR count). The first-order chi connectivity index (χ1) is 9.11. The van der Waals surface area contributed by atoms with Gasteiger partial charge in [0.1, 0.15) is 0 Å². The Balaban J connectivity index is 1.69. The van der Waals surface area contributed by atoms with Gasteiger partial charge in [0, 0.05) is 31.5 Å². The van der Waals surface area contributed by atoms with E-state index in [9.17, 15) is 0 Å². The summed E-state index contributed by atoms with van der Waals surface area (Å²) in [7, 11) is 2.03. The van der Waals surface area contributed by atoms with Crippen LogP contribution in [0.1, 0.15) is 43.9 Å². The van der Waals surface area contributed by atoms with E-state index in [0.29, 0.717) is 5.92 Å². The molecule has 0 amide bonds. The van der Waals surface area contributed by atoms with Gasteiger partial charge in [0.2, 0.25) is 0 Å². The minimum atomic E-state index is -0.267. The number of hydrogen-bond acceptors (Lipinski definition) is 3. The van der Waals surface area contributed by atoms with E-state index in [1.807, 2.05) is 11.7 Å². The highest BCUT2D eigenvalue weighted by molar-refractivity contribution is 5.31. The Morgan fingerprint density at radius 3 is 2.89 bits per heavy atom. The first kappa shape index (κ1) is 11.9. The first-order valence-electron chi connectivity index (χ1n) is 7.42. The lowest BCUT2D eigenvalue weighted by Crippen LogP contribution is -2.49. The van der Waals surface area contributed by atoms with Crippen molar-refractivity contribution in [3.05, 3.63) is 17.5 Å². The van der Waals surface area contributed by atoms with Gasteiger partial charge in [-0.2, -0.15) is 5.10 Å². The fourth-order valence-corrected chi connectivity index (χ4v) is 4.38. The molecule has 2 fully saturated rings. The summed E-state index contributed by atoms with van der Waals surface area (Å²) in [5, 5.41) is 4.76. The van der Waals surface area contributed by atoms with Crippen LogP contribution in [0.2, 0.25) is 0 Å². The Bertz CT molecular complexity index is 504. The molecule has 1 spiro atoms. The first-order valence-corrected chi connectivity index (χ1v) is 7.42. The number of aryl methyl sites for hydroxylation is 2. The van der Waals surface area contributed by atoms with E-state index in [1.165, 1.54) is 17.7 Å². The van der Waals surface area contributed by atoms with E-state index in [0.717, 1.165) is 38.9 Å². The van der Waals surface area contributed by atoms with Crippen LogP contribution >= 0.6 is 0 Å². The minimum Gasteiger partial charge on any atom is -0.348 e. The largest absolute Gasteiger partial charge is 0.348 e. The average Bonchev–Trinajstić information content (AvgIpc) is 2.98. The van der Waals surface area contributed by atoms with Gasteiger partial charge in [0.15, 0.2) is 5.79 Å². The van der Waals surface area contributed by atoms with Crippen LogP contribution < -0.4 is 0 Å². The maximum Gasteiger partial charge on any atom is 0.168 e. The summed E-state index contributed by atoms with van der Waals surface area (Å²) in [4.78, 5) is 0. The predicted molar refractivity (Wildman–Crippen MR) is 70.9 cm³/mol. The number of fused-ring (bicyclic) bond motifs is 3. The van der Waals surface area contributed by atoms with Crippen LogP contribution in [0.4, 0.5) is 0 Å². The van der Waals surface area contributed by atoms with E-state index in [4.69, 9.17) is 14.6 Å². The second-order valence-electron chi connectivity index (χ2n) is 6.64. The molecule has 0 N–H and O–H groups in total. The molecule has 4 nitrogen and oxygen atoms in total. The highest BCUT2D eigenvalue weighted by Crippen LogP contribution is 2.53. The Hall–Kier alpha value is -0.870. The van der Waals surface area contributed by atoms with Gasteiger partial charge in [-0.15, -0.1) is 0 Å². The van der Waals surface area contributed by atoms with Gasteiger partial charge in [-0.1, -0.05) is 6.92 Å². The van der Waals surface area contributed by atoms with Gasteiger partial charge >= 0.3 is 0 Å². The number of aromatic nitrogens is 2. The molecule has 0 aromatic carbocycles. The lowest BCUT2D eigenvalue weighted by atomic mass is 9.59. The molecule has 3 aliphatic rings. The fourth-order valence-electron chi connectivity index (χ4n) is 4.38. The van der Waals surface area contributed by atoms with E-state index >= 15 is 0 Å². The lowest BCUT2D eigenvalue weighted by molar-refractivity contribution is -0.199. The highest BCUT2D eigenvalue weighted by atomic mass is 16.7. The van der Waals surface area contributed by atoms with Gasteiger partial charge in [0.25, 0.3) is 0 Å². The van der Waals surface area contributed by atoms with Gasteiger partial charge in [0.05, 0.1) is 18.9 Å². The summed E-state index contributed by atoms with van der Waals surface area (Å²) in [6.45, 7) is 3.92.